The van der Waals surface area contributed by atoms with Crippen molar-refractivity contribution in [3.8, 4) is 0 Å². The fraction of sp³-hybridized carbons (Fsp3) is 0.200. The van der Waals surface area contributed by atoms with Gasteiger partial charge in [0.05, 0.1) is 0 Å². The molecule has 3 aromatic rings. The summed E-state index contributed by atoms with van der Waals surface area (Å²) < 4.78 is 5.80. The van der Waals surface area contributed by atoms with Crippen LogP contribution in [0.15, 0.2) is 52.9 Å². The highest BCUT2D eigenvalue weighted by Gasteiger charge is 2.19. The lowest BCUT2D eigenvalue weighted by Crippen LogP contribution is -2.17. The molecule has 0 atom stereocenters. The summed E-state index contributed by atoms with van der Waals surface area (Å²) in [6, 6.07) is 14.5. The third-order valence-corrected chi connectivity index (χ3v) is 3.97. The smallest absolute Gasteiger partial charge is 0.228 e. The van der Waals surface area contributed by atoms with Gasteiger partial charge in [0, 0.05) is 34.2 Å². The summed E-state index contributed by atoms with van der Waals surface area (Å²) in [6.07, 6.45) is 0. The maximum Gasteiger partial charge on any atom is 0.228 e. The van der Waals surface area contributed by atoms with E-state index in [9.17, 15) is 9.59 Å². The number of nitrogens with one attached hydrogen (secondary N) is 1. The Morgan fingerprint density at radius 3 is 2.42 bits per heavy atom. The number of anilines is 1. The molecule has 24 heavy (non-hydrogen) atoms. The molecule has 0 saturated heterocycles. The van der Waals surface area contributed by atoms with Gasteiger partial charge in [-0.2, -0.15) is 0 Å². The zero-order valence-corrected chi connectivity index (χ0v) is 13.9. The molecular formula is C20H19NO3. The lowest BCUT2D eigenvalue weighted by Gasteiger charge is -2.07. The first-order valence-electron chi connectivity index (χ1n) is 7.91. The maximum absolute atomic E-state index is 12.6. The normalized spacial score (nSPS) is 11.0. The first-order chi connectivity index (χ1) is 11.5. The number of hydrogen-bond acceptors (Lipinski definition) is 3. The summed E-state index contributed by atoms with van der Waals surface area (Å²) >= 11 is 0. The van der Waals surface area contributed by atoms with E-state index < -0.39 is 0 Å². The van der Waals surface area contributed by atoms with E-state index in [1.54, 1.807) is 18.2 Å². The van der Waals surface area contributed by atoms with E-state index in [1.807, 2.05) is 51.1 Å². The maximum atomic E-state index is 12.6. The first kappa shape index (κ1) is 16.0. The van der Waals surface area contributed by atoms with Gasteiger partial charge in [0.1, 0.15) is 5.58 Å². The van der Waals surface area contributed by atoms with Crippen LogP contribution in [0.1, 0.15) is 35.5 Å². The van der Waals surface area contributed by atoms with Crippen molar-refractivity contribution >= 4 is 28.3 Å². The number of fused-ring (bicyclic) bond motifs is 1. The average molecular weight is 321 g/mol. The SMILES string of the molecule is Cc1c(C(=O)c2ccccc2)oc2cc(NC(=O)C(C)C)ccc12. The molecule has 4 nitrogen and oxygen atoms in total. The molecule has 1 N–H and O–H groups in total. The van der Waals surface area contributed by atoms with Crippen molar-refractivity contribution in [1.29, 1.82) is 0 Å². The van der Waals surface area contributed by atoms with Crippen LogP contribution in [0.25, 0.3) is 11.0 Å². The van der Waals surface area contributed by atoms with Crippen molar-refractivity contribution in [2.75, 3.05) is 5.32 Å². The highest BCUT2D eigenvalue weighted by atomic mass is 16.3. The molecule has 0 aliphatic rings. The number of benzene rings is 2. The van der Waals surface area contributed by atoms with Gasteiger partial charge in [-0.05, 0) is 19.1 Å². The topological polar surface area (TPSA) is 59.3 Å². The van der Waals surface area contributed by atoms with Gasteiger partial charge in [-0.25, -0.2) is 0 Å². The Labute approximate surface area is 140 Å². The second kappa shape index (κ2) is 6.32. The zero-order valence-electron chi connectivity index (χ0n) is 13.9. The molecule has 0 saturated carbocycles. The van der Waals surface area contributed by atoms with Gasteiger partial charge in [0.25, 0.3) is 0 Å². The number of amides is 1. The van der Waals surface area contributed by atoms with Crippen LogP contribution < -0.4 is 5.32 Å². The van der Waals surface area contributed by atoms with E-state index in [2.05, 4.69) is 5.32 Å². The van der Waals surface area contributed by atoms with Crippen LogP contribution >= 0.6 is 0 Å². The third-order valence-electron chi connectivity index (χ3n) is 3.97. The molecule has 0 fully saturated rings. The molecule has 0 aliphatic heterocycles. The number of carbonyl (C=O) groups excluding carboxylic acids is 2. The van der Waals surface area contributed by atoms with Gasteiger partial charge in [0.15, 0.2) is 5.76 Å². The van der Waals surface area contributed by atoms with Gasteiger partial charge in [-0.3, -0.25) is 9.59 Å². The quantitative estimate of drug-likeness (QED) is 0.716. The highest BCUT2D eigenvalue weighted by Crippen LogP contribution is 2.29. The predicted molar refractivity (Wildman–Crippen MR) is 94.3 cm³/mol. The lowest BCUT2D eigenvalue weighted by molar-refractivity contribution is -0.118. The number of carbonyl (C=O) groups is 2. The molecule has 4 heteroatoms. The van der Waals surface area contributed by atoms with Crippen LogP contribution in [0.3, 0.4) is 0 Å². The Morgan fingerprint density at radius 2 is 1.75 bits per heavy atom. The number of aryl methyl sites for hydroxylation is 1. The molecule has 3 rings (SSSR count). The molecular weight excluding hydrogens is 302 g/mol. The third kappa shape index (κ3) is 2.95. The van der Waals surface area contributed by atoms with Crippen molar-refractivity contribution in [1.82, 2.24) is 0 Å². The van der Waals surface area contributed by atoms with E-state index in [-0.39, 0.29) is 17.6 Å². The Bertz CT molecular complexity index is 907. The van der Waals surface area contributed by atoms with Crippen molar-refractivity contribution in [2.45, 2.75) is 20.8 Å². The van der Waals surface area contributed by atoms with Crippen LogP contribution in [-0.4, -0.2) is 11.7 Å². The Morgan fingerprint density at radius 1 is 1.04 bits per heavy atom. The minimum Gasteiger partial charge on any atom is -0.452 e. The Balaban J connectivity index is 1.98. The average Bonchev–Trinajstić information content (AvgIpc) is 2.91. The number of ketones is 1. The van der Waals surface area contributed by atoms with Crippen LogP contribution in [0, 0.1) is 12.8 Å². The molecule has 0 unspecified atom stereocenters. The summed E-state index contributed by atoms with van der Waals surface area (Å²) in [4.78, 5) is 24.4. The van der Waals surface area contributed by atoms with Crippen molar-refractivity contribution < 1.29 is 14.0 Å². The minimum atomic E-state index is -0.142. The summed E-state index contributed by atoms with van der Waals surface area (Å²) in [5.41, 5.74) is 2.65. The number of furan rings is 1. The van der Waals surface area contributed by atoms with Gasteiger partial charge in [-0.15, -0.1) is 0 Å². The summed E-state index contributed by atoms with van der Waals surface area (Å²) in [5.74, 6) is 0.0352. The molecule has 0 radical (unpaired) electrons. The van der Waals surface area contributed by atoms with E-state index in [4.69, 9.17) is 4.42 Å². The molecule has 0 spiro atoms. The lowest BCUT2D eigenvalue weighted by atomic mass is 10.0. The fourth-order valence-electron chi connectivity index (χ4n) is 2.53. The predicted octanol–water partition coefficient (Wildman–Crippen LogP) is 4.57. The molecule has 1 aromatic heterocycles. The monoisotopic (exact) mass is 321 g/mol. The Kier molecular flexibility index (Phi) is 4.21. The van der Waals surface area contributed by atoms with Crippen molar-refractivity contribution in [3.63, 3.8) is 0 Å². The molecule has 1 heterocycles. The molecule has 122 valence electrons. The number of rotatable bonds is 4. The minimum absolute atomic E-state index is 0.0572. The molecule has 1 amide bonds. The zero-order chi connectivity index (χ0) is 17.3. The summed E-state index contributed by atoms with van der Waals surface area (Å²) in [7, 11) is 0. The largest absolute Gasteiger partial charge is 0.452 e. The van der Waals surface area contributed by atoms with Gasteiger partial charge < -0.3 is 9.73 Å². The van der Waals surface area contributed by atoms with E-state index >= 15 is 0 Å². The number of hydrogen-bond donors (Lipinski definition) is 1. The second-order valence-electron chi connectivity index (χ2n) is 6.11. The van der Waals surface area contributed by atoms with Crippen molar-refractivity contribution in [2.24, 2.45) is 5.92 Å². The van der Waals surface area contributed by atoms with E-state index in [1.165, 1.54) is 0 Å². The summed E-state index contributed by atoms with van der Waals surface area (Å²) in [6.45, 7) is 5.54. The second-order valence-corrected chi connectivity index (χ2v) is 6.11. The van der Waals surface area contributed by atoms with E-state index in [0.717, 1.165) is 10.9 Å². The standard InChI is InChI=1S/C20H19NO3/c1-12(2)20(23)21-15-9-10-16-13(3)19(24-17(16)11-15)18(22)14-7-5-4-6-8-14/h4-12H,1-3H3,(H,21,23). The van der Waals surface area contributed by atoms with Gasteiger partial charge in [-0.1, -0.05) is 44.2 Å². The van der Waals surface area contributed by atoms with Crippen molar-refractivity contribution in [3.05, 3.63) is 65.4 Å². The molecule has 2 aromatic carbocycles. The fourth-order valence-corrected chi connectivity index (χ4v) is 2.53. The van der Waals surface area contributed by atoms with Gasteiger partial charge >= 0.3 is 0 Å². The van der Waals surface area contributed by atoms with Crippen LogP contribution in [0.4, 0.5) is 5.69 Å². The van der Waals surface area contributed by atoms with Crippen LogP contribution in [-0.2, 0) is 4.79 Å². The molecule has 0 aliphatic carbocycles. The van der Waals surface area contributed by atoms with E-state index in [0.29, 0.717) is 22.6 Å². The summed E-state index contributed by atoms with van der Waals surface area (Å²) in [5, 5.41) is 3.71. The highest BCUT2D eigenvalue weighted by molar-refractivity contribution is 6.10. The van der Waals surface area contributed by atoms with Gasteiger partial charge in [0.2, 0.25) is 11.7 Å². The van der Waals surface area contributed by atoms with Crippen LogP contribution in [0.5, 0.6) is 0 Å². The first-order valence-corrected chi connectivity index (χ1v) is 7.91. The Hall–Kier alpha value is -2.88. The molecule has 0 bridgehead atoms. The van der Waals surface area contributed by atoms with Crippen LogP contribution in [0.2, 0.25) is 0 Å².